The summed E-state index contributed by atoms with van der Waals surface area (Å²) in [7, 11) is 0. The average molecular weight is 471 g/mol. The number of hydrogen-bond acceptors (Lipinski definition) is 8. The second-order valence-electron chi connectivity index (χ2n) is 7.32. The predicted octanol–water partition coefficient (Wildman–Crippen LogP) is -2.27. The molecule has 1 fully saturated rings. The minimum absolute atomic E-state index is 0.0617. The van der Waals surface area contributed by atoms with Crippen LogP contribution in [0.25, 0.3) is 0 Å². The van der Waals surface area contributed by atoms with E-state index >= 15 is 0 Å². The molecule has 7 N–H and O–H groups in total. The highest BCUT2D eigenvalue weighted by Gasteiger charge is 2.38. The molecule has 1 aromatic rings. The minimum Gasteiger partial charge on any atom is -0.481 e. The fraction of sp³-hybridized carbons (Fsp3) is 0.556. The summed E-state index contributed by atoms with van der Waals surface area (Å²) in [6, 6.07) is -4.64. The number of carbonyl (C=O) groups excluding carboxylic acids is 3. The third kappa shape index (κ3) is 6.68. The molecule has 3 amide bonds. The van der Waals surface area contributed by atoms with Gasteiger partial charge in [0.25, 0.3) is 0 Å². The van der Waals surface area contributed by atoms with Gasteiger partial charge in [-0.3, -0.25) is 19.2 Å². The van der Waals surface area contributed by atoms with Crippen molar-refractivity contribution in [1.82, 2.24) is 25.5 Å². The number of nitrogens with two attached hydrogens (primary N) is 1. The lowest BCUT2D eigenvalue weighted by Crippen LogP contribution is -2.57. The number of thiol groups is 1. The fourth-order valence-corrected chi connectivity index (χ4v) is 3.49. The molecule has 0 aliphatic carbocycles. The van der Waals surface area contributed by atoms with Gasteiger partial charge >= 0.3 is 11.9 Å². The zero-order valence-corrected chi connectivity index (χ0v) is 18.0. The minimum atomic E-state index is -1.68. The number of H-pyrrole nitrogens is 1. The average Bonchev–Trinajstić information content (AvgIpc) is 3.43. The molecule has 4 atom stereocenters. The van der Waals surface area contributed by atoms with Gasteiger partial charge in [0.15, 0.2) is 0 Å². The van der Waals surface area contributed by atoms with Crippen molar-refractivity contribution in [3.05, 3.63) is 18.2 Å². The van der Waals surface area contributed by atoms with Crippen molar-refractivity contribution in [3.63, 3.8) is 0 Å². The Bertz CT molecular complexity index is 849. The first-order valence-corrected chi connectivity index (χ1v) is 10.5. The number of carboxylic acids is 2. The van der Waals surface area contributed by atoms with Gasteiger partial charge in [0.05, 0.1) is 18.8 Å². The van der Waals surface area contributed by atoms with E-state index in [0.717, 1.165) is 0 Å². The van der Waals surface area contributed by atoms with Gasteiger partial charge in [-0.15, -0.1) is 0 Å². The molecule has 2 rings (SSSR count). The third-order valence-electron chi connectivity index (χ3n) is 4.96. The summed E-state index contributed by atoms with van der Waals surface area (Å²) < 4.78 is 0. The van der Waals surface area contributed by atoms with Crippen molar-refractivity contribution in [1.29, 1.82) is 0 Å². The van der Waals surface area contributed by atoms with Gasteiger partial charge in [-0.1, -0.05) is 0 Å². The van der Waals surface area contributed by atoms with Crippen molar-refractivity contribution in [2.45, 2.75) is 49.9 Å². The second-order valence-corrected chi connectivity index (χ2v) is 7.68. The lowest BCUT2D eigenvalue weighted by molar-refractivity contribution is -0.147. The van der Waals surface area contributed by atoms with Crippen LogP contribution in [0.2, 0.25) is 0 Å². The molecule has 0 radical (unpaired) electrons. The van der Waals surface area contributed by atoms with Gasteiger partial charge in [-0.05, 0) is 12.8 Å². The normalized spacial score (nSPS) is 18.4. The number of aromatic nitrogens is 2. The van der Waals surface area contributed by atoms with Crippen LogP contribution >= 0.6 is 12.6 Å². The van der Waals surface area contributed by atoms with E-state index in [1.807, 2.05) is 0 Å². The molecule has 1 saturated heterocycles. The smallest absolute Gasteiger partial charge is 0.326 e. The standard InChI is InChI=1S/C18H26N6O7S/c19-10(7-32)17(29)24-3-1-2-13(24)16(28)22-11(4-9-6-20-8-21-9)15(27)23-12(18(30)31)5-14(25)26/h6,8,10-13,32H,1-5,7,19H2,(H,20,21)(H,22,28)(H,23,27)(H,25,26)(H,30,31). The summed E-state index contributed by atoms with van der Waals surface area (Å²) in [5.41, 5.74) is 6.22. The Hall–Kier alpha value is -3.13. The Balaban J connectivity index is 2.16. The predicted molar refractivity (Wildman–Crippen MR) is 113 cm³/mol. The van der Waals surface area contributed by atoms with Crippen LogP contribution < -0.4 is 16.4 Å². The van der Waals surface area contributed by atoms with E-state index in [9.17, 15) is 29.1 Å². The van der Waals surface area contributed by atoms with Crippen molar-refractivity contribution in [2.75, 3.05) is 12.3 Å². The Kier molecular flexibility index (Phi) is 9.02. The van der Waals surface area contributed by atoms with E-state index < -0.39 is 60.2 Å². The molecule has 32 heavy (non-hydrogen) atoms. The van der Waals surface area contributed by atoms with Crippen LogP contribution in [0.4, 0.5) is 0 Å². The van der Waals surface area contributed by atoms with Crippen LogP contribution in [-0.2, 0) is 30.4 Å². The first-order valence-electron chi connectivity index (χ1n) is 9.83. The molecule has 0 bridgehead atoms. The van der Waals surface area contributed by atoms with Gasteiger partial charge in [-0.25, -0.2) is 9.78 Å². The molecular weight excluding hydrogens is 444 g/mol. The van der Waals surface area contributed by atoms with Gasteiger partial charge in [0, 0.05) is 30.6 Å². The molecule has 0 spiro atoms. The molecule has 1 aromatic heterocycles. The summed E-state index contributed by atoms with van der Waals surface area (Å²) in [6.07, 6.45) is 2.83. The van der Waals surface area contributed by atoms with Crippen molar-refractivity contribution in [3.8, 4) is 0 Å². The highest BCUT2D eigenvalue weighted by molar-refractivity contribution is 7.80. The molecule has 2 heterocycles. The monoisotopic (exact) mass is 470 g/mol. The van der Waals surface area contributed by atoms with Crippen LogP contribution in [0, 0.1) is 0 Å². The maximum Gasteiger partial charge on any atom is 0.326 e. The second kappa shape index (κ2) is 11.5. The zero-order chi connectivity index (χ0) is 23.8. The van der Waals surface area contributed by atoms with Crippen LogP contribution in [0.15, 0.2) is 12.5 Å². The summed E-state index contributed by atoms with van der Waals surface area (Å²) in [6.45, 7) is 0.329. The molecule has 4 unspecified atom stereocenters. The van der Waals surface area contributed by atoms with Crippen molar-refractivity contribution < 1.29 is 34.2 Å². The summed E-state index contributed by atoms with van der Waals surface area (Å²) >= 11 is 4.01. The third-order valence-corrected chi connectivity index (χ3v) is 5.35. The molecule has 1 aliphatic heterocycles. The SMILES string of the molecule is NC(CS)C(=O)N1CCCC1C(=O)NC(Cc1cnc[nH]1)C(=O)NC(CC(=O)O)C(=O)O. The maximum atomic E-state index is 12.9. The topological polar surface area (TPSA) is 208 Å². The number of likely N-dealkylation sites (tertiary alicyclic amines) is 1. The number of carboxylic acid groups (broad SMARTS) is 2. The van der Waals surface area contributed by atoms with Gasteiger partial charge in [-0.2, -0.15) is 12.6 Å². The lowest BCUT2D eigenvalue weighted by atomic mass is 10.1. The Morgan fingerprint density at radius 2 is 1.97 bits per heavy atom. The number of rotatable bonds is 11. The fourth-order valence-electron chi connectivity index (χ4n) is 3.33. The Morgan fingerprint density at radius 1 is 1.25 bits per heavy atom. The lowest BCUT2D eigenvalue weighted by Gasteiger charge is -2.28. The number of aromatic amines is 1. The van der Waals surface area contributed by atoms with Crippen molar-refractivity contribution >= 4 is 42.3 Å². The molecule has 176 valence electrons. The number of nitrogens with one attached hydrogen (secondary N) is 3. The maximum absolute atomic E-state index is 12.9. The molecule has 13 nitrogen and oxygen atoms in total. The number of carbonyl (C=O) groups is 5. The molecule has 0 saturated carbocycles. The molecule has 14 heteroatoms. The van der Waals surface area contributed by atoms with Crippen LogP contribution in [0.3, 0.4) is 0 Å². The number of imidazole rings is 1. The molecule has 0 aromatic carbocycles. The Morgan fingerprint density at radius 3 is 2.53 bits per heavy atom. The highest BCUT2D eigenvalue weighted by Crippen LogP contribution is 2.19. The highest BCUT2D eigenvalue weighted by atomic mass is 32.1. The Labute approximate surface area is 188 Å². The van der Waals surface area contributed by atoms with E-state index in [1.165, 1.54) is 17.4 Å². The number of aliphatic carboxylic acids is 2. The van der Waals surface area contributed by atoms with E-state index in [4.69, 9.17) is 10.8 Å². The summed E-state index contributed by atoms with van der Waals surface area (Å²) in [5.74, 6) is -4.75. The van der Waals surface area contributed by atoms with Crippen molar-refractivity contribution in [2.24, 2.45) is 5.73 Å². The first-order chi connectivity index (χ1) is 15.1. The summed E-state index contributed by atoms with van der Waals surface area (Å²) in [5, 5.41) is 22.7. The number of amides is 3. The quantitative estimate of drug-likeness (QED) is 0.174. The van der Waals surface area contributed by atoms with Gasteiger partial charge < -0.3 is 36.5 Å². The van der Waals surface area contributed by atoms with Crippen LogP contribution in [-0.4, -0.2) is 91.2 Å². The first kappa shape index (κ1) is 25.1. The molecular formula is C18H26N6O7S. The van der Waals surface area contributed by atoms with E-state index in [2.05, 4.69) is 33.2 Å². The zero-order valence-electron chi connectivity index (χ0n) is 17.1. The largest absolute Gasteiger partial charge is 0.481 e. The number of hydrogen-bond donors (Lipinski definition) is 7. The van der Waals surface area contributed by atoms with Gasteiger partial charge in [0.1, 0.15) is 18.1 Å². The van der Waals surface area contributed by atoms with E-state index in [0.29, 0.717) is 25.1 Å². The molecule has 1 aliphatic rings. The van der Waals surface area contributed by atoms with Crippen LogP contribution in [0.5, 0.6) is 0 Å². The van der Waals surface area contributed by atoms with E-state index in [-0.39, 0.29) is 12.2 Å². The van der Waals surface area contributed by atoms with Crippen LogP contribution in [0.1, 0.15) is 25.0 Å². The van der Waals surface area contributed by atoms with Gasteiger partial charge in [0.2, 0.25) is 17.7 Å². The summed E-state index contributed by atoms with van der Waals surface area (Å²) in [4.78, 5) is 68.3. The van der Waals surface area contributed by atoms with E-state index in [1.54, 1.807) is 0 Å². The number of nitrogens with zero attached hydrogens (tertiary/aromatic N) is 2.